The second-order valence-corrected chi connectivity index (χ2v) is 5.76. The Morgan fingerprint density at radius 2 is 2.29 bits per heavy atom. The van der Waals surface area contributed by atoms with Gasteiger partial charge >= 0.3 is 0 Å². The van der Waals surface area contributed by atoms with Crippen LogP contribution in [0.5, 0.6) is 11.5 Å². The summed E-state index contributed by atoms with van der Waals surface area (Å²) in [6.45, 7) is 0.408. The van der Waals surface area contributed by atoms with E-state index in [1.54, 1.807) is 7.11 Å². The highest BCUT2D eigenvalue weighted by Gasteiger charge is 2.56. The van der Waals surface area contributed by atoms with E-state index in [-0.39, 0.29) is 11.7 Å². The van der Waals surface area contributed by atoms with Crippen LogP contribution in [-0.4, -0.2) is 36.3 Å². The molecule has 2 heterocycles. The van der Waals surface area contributed by atoms with Gasteiger partial charge in [-0.25, -0.2) is 0 Å². The summed E-state index contributed by atoms with van der Waals surface area (Å²) in [4.78, 5) is 11.5. The minimum atomic E-state index is -1.22. The predicted molar refractivity (Wildman–Crippen MR) is 73.4 cm³/mol. The van der Waals surface area contributed by atoms with Gasteiger partial charge in [0.05, 0.1) is 19.6 Å². The minimum absolute atomic E-state index is 0.00898. The number of carbonyl (C=O) groups excluding carboxylic acids is 1. The van der Waals surface area contributed by atoms with Gasteiger partial charge < -0.3 is 19.3 Å². The van der Waals surface area contributed by atoms with Crippen molar-refractivity contribution >= 4 is 5.78 Å². The number of carbonyl (C=O) groups is 1. The van der Waals surface area contributed by atoms with Crippen molar-refractivity contribution < 1.29 is 24.1 Å². The maximum Gasteiger partial charge on any atom is 0.159 e. The van der Waals surface area contributed by atoms with Gasteiger partial charge in [-0.2, -0.15) is 0 Å². The molecule has 1 aromatic rings. The van der Waals surface area contributed by atoms with Crippen LogP contribution in [0, 0.1) is 0 Å². The van der Waals surface area contributed by atoms with Crippen LogP contribution in [0.2, 0.25) is 0 Å². The van der Waals surface area contributed by atoms with Crippen LogP contribution < -0.4 is 9.47 Å². The van der Waals surface area contributed by atoms with Crippen LogP contribution in [0.25, 0.3) is 0 Å². The van der Waals surface area contributed by atoms with Crippen molar-refractivity contribution in [3.63, 3.8) is 0 Å². The lowest BCUT2D eigenvalue weighted by Gasteiger charge is -2.43. The highest BCUT2D eigenvalue weighted by Crippen LogP contribution is 2.50. The smallest absolute Gasteiger partial charge is 0.159 e. The van der Waals surface area contributed by atoms with Crippen LogP contribution in [-0.2, 0) is 9.53 Å². The molecule has 3 atom stereocenters. The Balaban J connectivity index is 1.75. The monoisotopic (exact) mass is 288 g/mol. The first-order valence-electron chi connectivity index (χ1n) is 7.06. The molecule has 2 aliphatic heterocycles. The largest absolute Gasteiger partial charge is 0.497 e. The normalized spacial score (nSPS) is 33.0. The number of aliphatic hydroxyl groups is 1. The summed E-state index contributed by atoms with van der Waals surface area (Å²) in [6, 6.07) is 5.66. The fraction of sp³-hybridized carbons (Fsp3) is 0.438. The molecule has 0 saturated carbocycles. The van der Waals surface area contributed by atoms with Crippen LogP contribution in [0.1, 0.15) is 24.3 Å². The molecule has 1 N–H and O–H groups in total. The molecular weight excluding hydrogens is 272 g/mol. The maximum absolute atomic E-state index is 11.5. The van der Waals surface area contributed by atoms with Crippen LogP contribution in [0.4, 0.5) is 0 Å². The standard InChI is InChI=1S/C16H16O5/c1-19-10-2-3-11-12-8-20-14-6-9(17)4-5-16(14,18)15(12)21-13(11)7-10/h2-3,6-7,12,15,18H,4-5,8H2,1H3/t12-,15-,16+/m0/s1. The van der Waals surface area contributed by atoms with Gasteiger partial charge in [0, 0.05) is 24.1 Å². The quantitative estimate of drug-likeness (QED) is 0.849. The molecule has 1 saturated heterocycles. The molecule has 110 valence electrons. The average Bonchev–Trinajstić information content (AvgIpc) is 2.87. The van der Waals surface area contributed by atoms with Crippen molar-refractivity contribution in [3.8, 4) is 11.5 Å². The first-order valence-corrected chi connectivity index (χ1v) is 7.06. The van der Waals surface area contributed by atoms with Gasteiger partial charge in [-0.3, -0.25) is 4.79 Å². The van der Waals surface area contributed by atoms with Crippen molar-refractivity contribution in [2.24, 2.45) is 0 Å². The third kappa shape index (κ3) is 1.70. The Morgan fingerprint density at radius 1 is 1.43 bits per heavy atom. The zero-order chi connectivity index (χ0) is 14.6. The molecule has 0 unspecified atom stereocenters. The van der Waals surface area contributed by atoms with Gasteiger partial charge in [-0.15, -0.1) is 0 Å². The van der Waals surface area contributed by atoms with Gasteiger partial charge in [0.15, 0.2) is 11.4 Å². The average molecular weight is 288 g/mol. The third-order valence-corrected chi connectivity index (χ3v) is 4.60. The van der Waals surface area contributed by atoms with Gasteiger partial charge in [-0.1, -0.05) is 6.07 Å². The van der Waals surface area contributed by atoms with Crippen molar-refractivity contribution in [1.82, 2.24) is 0 Å². The second kappa shape index (κ2) is 4.24. The maximum atomic E-state index is 11.5. The summed E-state index contributed by atoms with van der Waals surface area (Å²) in [5, 5.41) is 11.0. The lowest BCUT2D eigenvalue weighted by atomic mass is 9.76. The lowest BCUT2D eigenvalue weighted by molar-refractivity contribution is -0.132. The van der Waals surface area contributed by atoms with E-state index in [9.17, 15) is 9.90 Å². The van der Waals surface area contributed by atoms with Crippen LogP contribution in [0.15, 0.2) is 30.0 Å². The third-order valence-electron chi connectivity index (χ3n) is 4.60. The Bertz CT molecular complexity index is 650. The molecule has 1 aromatic carbocycles. The highest BCUT2D eigenvalue weighted by molar-refractivity contribution is 5.91. The molecule has 0 amide bonds. The van der Waals surface area contributed by atoms with Gasteiger partial charge in [-0.05, 0) is 12.5 Å². The summed E-state index contributed by atoms with van der Waals surface area (Å²) in [6.07, 6.45) is 1.65. The Labute approximate surface area is 122 Å². The number of allylic oxidation sites excluding steroid dienone is 1. The Morgan fingerprint density at radius 3 is 3.10 bits per heavy atom. The first kappa shape index (κ1) is 12.7. The molecule has 21 heavy (non-hydrogen) atoms. The number of methoxy groups -OCH3 is 1. The van der Waals surface area contributed by atoms with E-state index in [0.29, 0.717) is 25.2 Å². The van der Waals surface area contributed by atoms with Gasteiger partial charge in [0.1, 0.15) is 23.4 Å². The number of ether oxygens (including phenoxy) is 3. The summed E-state index contributed by atoms with van der Waals surface area (Å²) < 4.78 is 16.9. The van der Waals surface area contributed by atoms with E-state index >= 15 is 0 Å². The number of fused-ring (bicyclic) bond motifs is 5. The molecule has 1 fully saturated rings. The molecule has 3 aliphatic rings. The minimum Gasteiger partial charge on any atom is -0.497 e. The Hall–Kier alpha value is -2.01. The van der Waals surface area contributed by atoms with Crippen molar-refractivity contribution in [2.45, 2.75) is 30.5 Å². The fourth-order valence-electron chi connectivity index (χ4n) is 3.45. The molecule has 1 aliphatic carbocycles. The zero-order valence-corrected chi connectivity index (χ0v) is 11.7. The number of rotatable bonds is 1. The van der Waals surface area contributed by atoms with E-state index in [2.05, 4.69) is 0 Å². The SMILES string of the molecule is COc1ccc2c(c1)O[C@H]1[C@H]2COC2=CC(=O)CC[C@@]21O. The summed E-state index contributed by atoms with van der Waals surface area (Å²) in [5.41, 5.74) is -0.200. The zero-order valence-electron chi connectivity index (χ0n) is 11.7. The molecule has 0 spiro atoms. The first-order chi connectivity index (χ1) is 10.1. The fourth-order valence-corrected chi connectivity index (χ4v) is 3.45. The summed E-state index contributed by atoms with van der Waals surface area (Å²) >= 11 is 0. The molecule has 0 aromatic heterocycles. The topological polar surface area (TPSA) is 65.0 Å². The Kier molecular flexibility index (Phi) is 2.57. The van der Waals surface area contributed by atoms with Gasteiger partial charge in [0.2, 0.25) is 0 Å². The molecular formula is C16H16O5. The van der Waals surface area contributed by atoms with E-state index in [0.717, 1.165) is 17.1 Å². The van der Waals surface area contributed by atoms with Crippen molar-refractivity contribution in [3.05, 3.63) is 35.6 Å². The van der Waals surface area contributed by atoms with E-state index in [4.69, 9.17) is 14.2 Å². The predicted octanol–water partition coefficient (Wildman–Crippen LogP) is 1.55. The lowest BCUT2D eigenvalue weighted by Crippen LogP contribution is -2.55. The van der Waals surface area contributed by atoms with Crippen molar-refractivity contribution in [2.75, 3.05) is 13.7 Å². The summed E-state index contributed by atoms with van der Waals surface area (Å²) in [5.74, 6) is 1.75. The molecule has 5 nitrogen and oxygen atoms in total. The number of benzene rings is 1. The highest BCUT2D eigenvalue weighted by atomic mass is 16.5. The second-order valence-electron chi connectivity index (χ2n) is 5.76. The molecule has 0 radical (unpaired) electrons. The molecule has 4 rings (SSSR count). The van der Waals surface area contributed by atoms with Crippen molar-refractivity contribution in [1.29, 1.82) is 0 Å². The van der Waals surface area contributed by atoms with E-state index in [1.807, 2.05) is 18.2 Å². The van der Waals surface area contributed by atoms with Crippen LogP contribution >= 0.6 is 0 Å². The van der Waals surface area contributed by atoms with Gasteiger partial charge in [0.25, 0.3) is 0 Å². The van der Waals surface area contributed by atoms with E-state index < -0.39 is 11.7 Å². The number of ketones is 1. The van der Waals surface area contributed by atoms with Crippen LogP contribution in [0.3, 0.4) is 0 Å². The molecule has 0 bridgehead atoms. The number of hydrogen-bond donors (Lipinski definition) is 1. The van der Waals surface area contributed by atoms with E-state index in [1.165, 1.54) is 6.08 Å². The number of hydrogen-bond acceptors (Lipinski definition) is 5. The molecule has 5 heteroatoms. The summed E-state index contributed by atoms with van der Waals surface area (Å²) in [7, 11) is 1.61.